The fraction of sp³-hybridized carbons (Fsp3) is 0.721. The number of carbonyl (C=O) groups excluding carboxylic acids is 2. The summed E-state index contributed by atoms with van der Waals surface area (Å²) >= 11 is 0. The summed E-state index contributed by atoms with van der Waals surface area (Å²) < 4.78 is 53.9. The van der Waals surface area contributed by atoms with Crippen LogP contribution in [0.5, 0.6) is 0 Å². The quantitative estimate of drug-likeness (QED) is 0.0219. The SMILES string of the molecule is CC/C=C/C/C=C/C/C=C/C/C=C/CCCCC(=O)OC[C@H](CO[C@H]1O[C@H](CS(=O)(=O)O)[C@@H](O)C(O)C1O)OC(=O)CCCCC/C=C/CCCCCCCC. The molecule has 0 saturated carbocycles. The molecule has 1 aliphatic heterocycles. The molecule has 4 N–H and O–H groups in total. The summed E-state index contributed by atoms with van der Waals surface area (Å²) in [6, 6.07) is 0. The maximum absolute atomic E-state index is 12.8. The van der Waals surface area contributed by atoms with Crippen LogP contribution in [0.4, 0.5) is 0 Å². The Labute approximate surface area is 336 Å². The number of aliphatic hydroxyl groups excluding tert-OH is 3. The molecule has 0 radical (unpaired) electrons. The number of allylic oxidation sites excluding steroid dienone is 10. The predicted octanol–water partition coefficient (Wildman–Crippen LogP) is 7.78. The summed E-state index contributed by atoms with van der Waals surface area (Å²) in [4.78, 5) is 25.3. The predicted molar refractivity (Wildman–Crippen MR) is 219 cm³/mol. The molecule has 13 heteroatoms. The van der Waals surface area contributed by atoms with E-state index in [1.165, 1.54) is 38.5 Å². The van der Waals surface area contributed by atoms with E-state index in [4.69, 9.17) is 18.9 Å². The Balaban J connectivity index is 2.54. The van der Waals surface area contributed by atoms with Crippen molar-refractivity contribution in [2.45, 2.75) is 179 Å². The topological polar surface area (TPSA) is 186 Å². The van der Waals surface area contributed by atoms with Gasteiger partial charge in [0.15, 0.2) is 12.4 Å². The minimum atomic E-state index is -4.61. The van der Waals surface area contributed by atoms with E-state index < -0.39 is 71.2 Å². The van der Waals surface area contributed by atoms with Crippen LogP contribution in [0.15, 0.2) is 60.8 Å². The third kappa shape index (κ3) is 27.9. The van der Waals surface area contributed by atoms with E-state index >= 15 is 0 Å². The van der Waals surface area contributed by atoms with Crippen LogP contribution in [0.2, 0.25) is 0 Å². The Kier molecular flexibility index (Phi) is 30.6. The highest BCUT2D eigenvalue weighted by atomic mass is 32.2. The second kappa shape index (κ2) is 33.3. The average Bonchev–Trinajstić information content (AvgIpc) is 3.16. The number of hydrogen-bond acceptors (Lipinski definition) is 11. The number of carbonyl (C=O) groups is 2. The van der Waals surface area contributed by atoms with Crippen molar-refractivity contribution >= 4 is 22.1 Å². The largest absolute Gasteiger partial charge is 0.462 e. The van der Waals surface area contributed by atoms with Crippen LogP contribution < -0.4 is 0 Å². The van der Waals surface area contributed by atoms with Gasteiger partial charge in [-0.3, -0.25) is 14.1 Å². The van der Waals surface area contributed by atoms with E-state index in [0.717, 1.165) is 64.2 Å². The van der Waals surface area contributed by atoms with E-state index in [1.807, 2.05) is 0 Å². The van der Waals surface area contributed by atoms with Crippen LogP contribution in [0.3, 0.4) is 0 Å². The number of unbranched alkanes of at least 4 members (excludes halogenated alkanes) is 11. The van der Waals surface area contributed by atoms with Crippen LogP contribution in [-0.4, -0.2) is 96.0 Å². The van der Waals surface area contributed by atoms with E-state index in [2.05, 4.69) is 74.6 Å². The minimum Gasteiger partial charge on any atom is -0.462 e. The monoisotopic (exact) mass is 812 g/mol. The average molecular weight is 813 g/mol. The van der Waals surface area contributed by atoms with Gasteiger partial charge in [-0.1, -0.05) is 113 Å². The van der Waals surface area contributed by atoms with E-state index in [1.54, 1.807) is 0 Å². The standard InChI is InChI=1S/C43H72O12S/c1-3-5-7-9-11-13-15-17-18-20-21-23-25-27-29-31-38(44)52-33-36(34-53-43-42(48)41(47)40(46)37(55-43)35-56(49,50)51)54-39(45)32-30-28-26-24-22-19-16-14-12-10-8-6-4-2/h5,7,11,13,17-19,21-23,36-37,40-43,46-48H,3-4,6,8-10,12,14-16,20,24-35H2,1-2H3,(H,49,50,51)/b7-5+,13-11+,18-17+,22-19+,23-21+/t36-,37-,40-,41?,42?,43+/m1/s1. The molecule has 0 aromatic rings. The smallest absolute Gasteiger partial charge is 0.306 e. The van der Waals surface area contributed by atoms with Crippen LogP contribution in [0, 0.1) is 0 Å². The van der Waals surface area contributed by atoms with Crippen LogP contribution in [0.25, 0.3) is 0 Å². The maximum atomic E-state index is 12.8. The fourth-order valence-corrected chi connectivity index (χ4v) is 6.53. The van der Waals surface area contributed by atoms with E-state index in [9.17, 15) is 37.9 Å². The molecule has 0 aliphatic carbocycles. The van der Waals surface area contributed by atoms with Crippen LogP contribution in [0.1, 0.15) is 142 Å². The van der Waals surface area contributed by atoms with Gasteiger partial charge in [-0.25, -0.2) is 0 Å². The molecule has 56 heavy (non-hydrogen) atoms. The lowest BCUT2D eigenvalue weighted by Crippen LogP contribution is -2.60. The Bertz CT molecular complexity index is 1280. The molecule has 0 bridgehead atoms. The van der Waals surface area contributed by atoms with Gasteiger partial charge in [-0.15, -0.1) is 0 Å². The molecule has 6 atom stereocenters. The lowest BCUT2D eigenvalue weighted by atomic mass is 10.00. The zero-order chi connectivity index (χ0) is 41.3. The molecule has 12 nitrogen and oxygen atoms in total. The van der Waals surface area contributed by atoms with Gasteiger partial charge in [0, 0.05) is 12.8 Å². The van der Waals surface area contributed by atoms with E-state index in [-0.39, 0.29) is 19.4 Å². The number of hydrogen-bond donors (Lipinski definition) is 4. The first-order chi connectivity index (χ1) is 27.0. The fourth-order valence-electron chi connectivity index (χ4n) is 5.84. The Hall–Kier alpha value is -2.65. The van der Waals surface area contributed by atoms with Gasteiger partial charge < -0.3 is 34.3 Å². The van der Waals surface area contributed by atoms with Gasteiger partial charge in [0.05, 0.1) is 6.61 Å². The third-order valence-corrected chi connectivity index (χ3v) is 9.83. The first kappa shape index (κ1) is 51.4. The Morgan fingerprint density at radius 1 is 0.625 bits per heavy atom. The lowest BCUT2D eigenvalue weighted by molar-refractivity contribution is -0.297. The zero-order valence-corrected chi connectivity index (χ0v) is 34.8. The van der Waals surface area contributed by atoms with Crippen molar-refractivity contribution in [3.05, 3.63) is 60.8 Å². The molecule has 322 valence electrons. The van der Waals surface area contributed by atoms with Crippen molar-refractivity contribution in [2.75, 3.05) is 19.0 Å². The van der Waals surface area contributed by atoms with Gasteiger partial charge >= 0.3 is 11.9 Å². The lowest BCUT2D eigenvalue weighted by Gasteiger charge is -2.40. The van der Waals surface area contributed by atoms with Crippen molar-refractivity contribution in [3.63, 3.8) is 0 Å². The van der Waals surface area contributed by atoms with Gasteiger partial charge in [-0.05, 0) is 77.0 Å². The summed E-state index contributed by atoms with van der Waals surface area (Å²) in [5, 5.41) is 30.8. The number of aliphatic hydroxyl groups is 3. The molecular formula is C43H72O12S. The number of ether oxygens (including phenoxy) is 4. The van der Waals surface area contributed by atoms with Crippen molar-refractivity contribution in [1.82, 2.24) is 0 Å². The summed E-state index contributed by atoms with van der Waals surface area (Å²) in [7, 11) is -4.61. The first-order valence-electron chi connectivity index (χ1n) is 20.8. The van der Waals surface area contributed by atoms with Gasteiger partial charge in [0.25, 0.3) is 10.1 Å². The highest BCUT2D eigenvalue weighted by Gasteiger charge is 2.46. The molecule has 1 rings (SSSR count). The van der Waals surface area contributed by atoms with E-state index in [0.29, 0.717) is 12.8 Å². The van der Waals surface area contributed by atoms with Crippen molar-refractivity contribution < 1.29 is 56.8 Å². The minimum absolute atomic E-state index is 0.132. The Morgan fingerprint density at radius 3 is 1.73 bits per heavy atom. The molecule has 0 amide bonds. The van der Waals surface area contributed by atoms with Gasteiger partial charge in [0.2, 0.25) is 0 Å². The molecule has 1 heterocycles. The highest BCUT2D eigenvalue weighted by molar-refractivity contribution is 7.85. The summed E-state index contributed by atoms with van der Waals surface area (Å²) in [6.07, 6.45) is 29.9. The molecule has 2 unspecified atom stereocenters. The van der Waals surface area contributed by atoms with Crippen molar-refractivity contribution in [1.29, 1.82) is 0 Å². The third-order valence-electron chi connectivity index (χ3n) is 9.08. The molecule has 1 saturated heterocycles. The molecule has 0 aromatic heterocycles. The first-order valence-corrected chi connectivity index (χ1v) is 22.5. The summed E-state index contributed by atoms with van der Waals surface area (Å²) in [5.74, 6) is -2.07. The van der Waals surface area contributed by atoms with Crippen molar-refractivity contribution in [2.24, 2.45) is 0 Å². The molecule has 0 spiro atoms. The van der Waals surface area contributed by atoms with Gasteiger partial charge in [0.1, 0.15) is 36.8 Å². The zero-order valence-electron chi connectivity index (χ0n) is 34.0. The normalized spacial score (nSPS) is 21.3. The summed E-state index contributed by atoms with van der Waals surface area (Å²) in [6.45, 7) is 3.56. The second-order valence-electron chi connectivity index (χ2n) is 14.3. The molecule has 1 fully saturated rings. The Morgan fingerprint density at radius 2 is 1.12 bits per heavy atom. The molecule has 0 aromatic carbocycles. The number of esters is 2. The number of rotatable bonds is 33. The van der Waals surface area contributed by atoms with Gasteiger partial charge in [-0.2, -0.15) is 8.42 Å². The van der Waals surface area contributed by atoms with Crippen molar-refractivity contribution in [3.8, 4) is 0 Å². The second-order valence-corrected chi connectivity index (χ2v) is 15.8. The maximum Gasteiger partial charge on any atom is 0.306 e. The summed E-state index contributed by atoms with van der Waals surface area (Å²) in [5.41, 5.74) is 0. The van der Waals surface area contributed by atoms with Crippen LogP contribution in [-0.2, 0) is 38.7 Å². The molecular weight excluding hydrogens is 741 g/mol. The molecule has 1 aliphatic rings. The highest BCUT2D eigenvalue weighted by Crippen LogP contribution is 2.24. The van der Waals surface area contributed by atoms with Crippen LogP contribution >= 0.6 is 0 Å².